The lowest BCUT2D eigenvalue weighted by molar-refractivity contribution is -0.124. The Morgan fingerprint density at radius 1 is 1.29 bits per heavy atom. The van der Waals surface area contributed by atoms with E-state index in [9.17, 15) is 9.59 Å². The fraction of sp³-hybridized carbons (Fsp3) is 0.471. The highest BCUT2D eigenvalue weighted by atomic mass is 35.5. The third kappa shape index (κ3) is 7.44. The van der Waals surface area contributed by atoms with Crippen LogP contribution < -0.4 is 10.6 Å². The van der Waals surface area contributed by atoms with Crippen LogP contribution in [0.3, 0.4) is 0 Å². The molecule has 0 saturated carbocycles. The van der Waals surface area contributed by atoms with Crippen LogP contribution >= 0.6 is 11.6 Å². The van der Waals surface area contributed by atoms with Gasteiger partial charge in [0.1, 0.15) is 6.07 Å². The van der Waals surface area contributed by atoms with E-state index in [1.165, 1.54) is 0 Å². The Balaban J connectivity index is 2.42. The number of likely N-dealkylation sites (N-methyl/N-ethyl adjacent to an activating group) is 1. The summed E-state index contributed by atoms with van der Waals surface area (Å²) >= 11 is 5.92. The van der Waals surface area contributed by atoms with Crippen molar-refractivity contribution in [3.05, 3.63) is 28.8 Å². The van der Waals surface area contributed by atoms with Crippen molar-refractivity contribution in [3.63, 3.8) is 0 Å². The van der Waals surface area contributed by atoms with Gasteiger partial charge in [0.2, 0.25) is 11.8 Å². The zero-order valence-corrected chi connectivity index (χ0v) is 15.2. The van der Waals surface area contributed by atoms with Crippen molar-refractivity contribution >= 4 is 29.1 Å². The largest absolute Gasteiger partial charge is 0.350 e. The van der Waals surface area contributed by atoms with E-state index in [-0.39, 0.29) is 30.3 Å². The molecule has 0 aliphatic rings. The third-order valence-electron chi connectivity index (χ3n) is 3.02. The number of benzene rings is 1. The standard InChI is InChI=1S/C17H23ClN4O2/c1-17(2,3)21-16(24)11-22(4)8-7-15(23)20-13-6-5-12(10-19)14(18)9-13/h5-6,9H,7-8,11H2,1-4H3,(H,20,23)(H,21,24). The van der Waals surface area contributed by atoms with Gasteiger partial charge in [0.05, 0.1) is 17.1 Å². The van der Waals surface area contributed by atoms with Gasteiger partial charge in [-0.25, -0.2) is 0 Å². The molecule has 24 heavy (non-hydrogen) atoms. The quantitative estimate of drug-likeness (QED) is 0.824. The minimum absolute atomic E-state index is 0.0794. The Morgan fingerprint density at radius 2 is 1.96 bits per heavy atom. The second-order valence-corrected chi connectivity index (χ2v) is 7.05. The highest BCUT2D eigenvalue weighted by Gasteiger charge is 2.15. The van der Waals surface area contributed by atoms with E-state index < -0.39 is 0 Å². The summed E-state index contributed by atoms with van der Waals surface area (Å²) in [7, 11) is 1.79. The van der Waals surface area contributed by atoms with Crippen LogP contribution in [0, 0.1) is 11.3 Å². The van der Waals surface area contributed by atoms with Crippen LogP contribution in [0.1, 0.15) is 32.8 Å². The molecule has 1 aromatic carbocycles. The van der Waals surface area contributed by atoms with E-state index in [4.69, 9.17) is 16.9 Å². The number of amides is 2. The maximum absolute atomic E-state index is 12.0. The molecule has 2 N–H and O–H groups in total. The van der Waals surface area contributed by atoms with Gasteiger partial charge >= 0.3 is 0 Å². The van der Waals surface area contributed by atoms with Crippen molar-refractivity contribution in [2.24, 2.45) is 0 Å². The number of nitrogens with one attached hydrogen (secondary N) is 2. The molecule has 2 amide bonds. The Labute approximate surface area is 147 Å². The summed E-state index contributed by atoms with van der Waals surface area (Å²) in [4.78, 5) is 25.5. The van der Waals surface area contributed by atoms with Gasteiger partial charge in [0.25, 0.3) is 0 Å². The summed E-state index contributed by atoms with van der Waals surface area (Å²) in [6, 6.07) is 6.69. The van der Waals surface area contributed by atoms with Gasteiger partial charge in [-0.3, -0.25) is 14.5 Å². The average molecular weight is 351 g/mol. The van der Waals surface area contributed by atoms with Gasteiger partial charge in [-0.1, -0.05) is 11.6 Å². The normalized spacial score (nSPS) is 11.0. The average Bonchev–Trinajstić information content (AvgIpc) is 2.43. The minimum atomic E-state index is -0.274. The van der Waals surface area contributed by atoms with Crippen molar-refractivity contribution in [1.29, 1.82) is 5.26 Å². The SMILES string of the molecule is CN(CCC(=O)Nc1ccc(C#N)c(Cl)c1)CC(=O)NC(C)(C)C. The van der Waals surface area contributed by atoms with Crippen molar-refractivity contribution in [2.45, 2.75) is 32.7 Å². The van der Waals surface area contributed by atoms with Gasteiger partial charge in [-0.05, 0) is 46.0 Å². The number of nitriles is 1. The Kier molecular flexibility index (Phi) is 7.20. The predicted molar refractivity (Wildman–Crippen MR) is 94.8 cm³/mol. The van der Waals surface area contributed by atoms with Crippen LogP contribution in [-0.2, 0) is 9.59 Å². The molecule has 1 rings (SSSR count). The second kappa shape index (κ2) is 8.67. The van der Waals surface area contributed by atoms with Gasteiger partial charge in [0.15, 0.2) is 0 Å². The molecule has 130 valence electrons. The molecule has 0 aliphatic heterocycles. The first-order valence-electron chi connectivity index (χ1n) is 7.60. The number of nitrogens with zero attached hydrogens (tertiary/aromatic N) is 2. The molecule has 0 atom stereocenters. The third-order valence-corrected chi connectivity index (χ3v) is 3.33. The summed E-state index contributed by atoms with van der Waals surface area (Å²) in [6.07, 6.45) is 0.247. The number of halogens is 1. The molecule has 0 saturated heterocycles. The van der Waals surface area contributed by atoms with Crippen LogP contribution in [0.4, 0.5) is 5.69 Å². The molecular weight excluding hydrogens is 328 g/mol. The molecule has 0 aromatic heterocycles. The summed E-state index contributed by atoms with van der Waals surface area (Å²) in [5.41, 5.74) is 0.626. The highest BCUT2D eigenvalue weighted by molar-refractivity contribution is 6.32. The lowest BCUT2D eigenvalue weighted by Gasteiger charge is -2.23. The molecule has 0 aliphatic carbocycles. The van der Waals surface area contributed by atoms with Gasteiger partial charge in [0, 0.05) is 24.2 Å². The number of hydrogen-bond donors (Lipinski definition) is 2. The number of carbonyl (C=O) groups excluding carboxylic acids is 2. The Morgan fingerprint density at radius 3 is 2.50 bits per heavy atom. The molecule has 1 aromatic rings. The molecule has 0 fully saturated rings. The smallest absolute Gasteiger partial charge is 0.234 e. The van der Waals surface area contributed by atoms with Crippen LogP contribution in [0.25, 0.3) is 0 Å². The number of rotatable bonds is 6. The van der Waals surface area contributed by atoms with Gasteiger partial charge < -0.3 is 10.6 Å². The molecule has 0 spiro atoms. The van der Waals surface area contributed by atoms with E-state index in [2.05, 4.69) is 10.6 Å². The number of anilines is 1. The van der Waals surface area contributed by atoms with Crippen LogP contribution in [0.5, 0.6) is 0 Å². The monoisotopic (exact) mass is 350 g/mol. The van der Waals surface area contributed by atoms with Crippen molar-refractivity contribution < 1.29 is 9.59 Å². The second-order valence-electron chi connectivity index (χ2n) is 6.64. The predicted octanol–water partition coefficient (Wildman–Crippen LogP) is 2.39. The van der Waals surface area contributed by atoms with E-state index in [0.29, 0.717) is 22.8 Å². The van der Waals surface area contributed by atoms with Crippen LogP contribution in [0.15, 0.2) is 18.2 Å². The molecule has 0 radical (unpaired) electrons. The lowest BCUT2D eigenvalue weighted by Crippen LogP contribution is -2.45. The topological polar surface area (TPSA) is 85.2 Å². The summed E-state index contributed by atoms with van der Waals surface area (Å²) in [5, 5.41) is 14.7. The first-order valence-corrected chi connectivity index (χ1v) is 7.97. The molecule has 6 nitrogen and oxygen atoms in total. The Hall–Kier alpha value is -2.10. The lowest BCUT2D eigenvalue weighted by atomic mass is 10.1. The van der Waals surface area contributed by atoms with Crippen molar-refractivity contribution in [2.75, 3.05) is 25.5 Å². The van der Waals surface area contributed by atoms with Crippen molar-refractivity contribution in [3.8, 4) is 6.07 Å². The van der Waals surface area contributed by atoms with Crippen LogP contribution in [0.2, 0.25) is 5.02 Å². The first kappa shape index (κ1) is 19.9. The first-order chi connectivity index (χ1) is 11.1. The maximum atomic E-state index is 12.0. The van der Waals surface area contributed by atoms with E-state index in [1.54, 1.807) is 30.1 Å². The van der Waals surface area contributed by atoms with Gasteiger partial charge in [-0.15, -0.1) is 0 Å². The zero-order chi connectivity index (χ0) is 18.3. The fourth-order valence-electron chi connectivity index (χ4n) is 1.98. The Bertz CT molecular complexity index is 647. The highest BCUT2D eigenvalue weighted by Crippen LogP contribution is 2.20. The fourth-order valence-corrected chi connectivity index (χ4v) is 2.20. The molecule has 0 heterocycles. The number of carbonyl (C=O) groups is 2. The zero-order valence-electron chi connectivity index (χ0n) is 14.4. The summed E-state index contributed by atoms with van der Waals surface area (Å²) in [5.74, 6) is -0.261. The van der Waals surface area contributed by atoms with Crippen molar-refractivity contribution in [1.82, 2.24) is 10.2 Å². The van der Waals surface area contributed by atoms with E-state index in [0.717, 1.165) is 0 Å². The van der Waals surface area contributed by atoms with Crippen LogP contribution in [-0.4, -0.2) is 42.4 Å². The summed E-state index contributed by atoms with van der Waals surface area (Å²) < 4.78 is 0. The molecule has 0 unspecified atom stereocenters. The maximum Gasteiger partial charge on any atom is 0.234 e. The van der Waals surface area contributed by atoms with E-state index >= 15 is 0 Å². The minimum Gasteiger partial charge on any atom is -0.350 e. The summed E-state index contributed by atoms with van der Waals surface area (Å²) in [6.45, 7) is 6.43. The molecule has 0 bridgehead atoms. The van der Waals surface area contributed by atoms with Gasteiger partial charge in [-0.2, -0.15) is 5.26 Å². The number of hydrogen-bond acceptors (Lipinski definition) is 4. The molecular formula is C17H23ClN4O2. The van der Waals surface area contributed by atoms with E-state index in [1.807, 2.05) is 26.8 Å². The molecule has 7 heteroatoms.